The van der Waals surface area contributed by atoms with Gasteiger partial charge in [-0.15, -0.1) is 0 Å². The highest BCUT2D eigenvalue weighted by Crippen LogP contribution is 2.40. The Morgan fingerprint density at radius 2 is 2.00 bits per heavy atom. The van der Waals surface area contributed by atoms with Crippen LogP contribution in [0.25, 0.3) is 16.5 Å². The van der Waals surface area contributed by atoms with Crippen molar-refractivity contribution in [2.45, 2.75) is 33.6 Å². The van der Waals surface area contributed by atoms with E-state index in [1.807, 2.05) is 18.2 Å². The highest BCUT2D eigenvalue weighted by Gasteiger charge is 2.28. The van der Waals surface area contributed by atoms with Crippen LogP contribution in [0.1, 0.15) is 38.0 Å². The first kappa shape index (κ1) is 13.2. The lowest BCUT2D eigenvalue weighted by Gasteiger charge is -2.26. The number of ketones is 1. The first-order valence-corrected chi connectivity index (χ1v) is 7.31. The molecule has 0 spiro atoms. The van der Waals surface area contributed by atoms with Crippen molar-refractivity contribution in [3.05, 3.63) is 41.7 Å². The van der Waals surface area contributed by atoms with E-state index in [4.69, 9.17) is 4.42 Å². The van der Waals surface area contributed by atoms with Gasteiger partial charge < -0.3 is 4.42 Å². The van der Waals surface area contributed by atoms with Gasteiger partial charge in [-0.05, 0) is 37.3 Å². The van der Waals surface area contributed by atoms with Crippen molar-refractivity contribution >= 4 is 22.3 Å². The number of aryl methyl sites for hydroxylation is 1. The predicted molar refractivity (Wildman–Crippen MR) is 81.5 cm³/mol. The number of benzene rings is 1. The van der Waals surface area contributed by atoms with Crippen molar-refractivity contribution in [1.82, 2.24) is 0 Å². The molecule has 1 unspecified atom stereocenters. The molecule has 20 heavy (non-hydrogen) atoms. The molecule has 1 atom stereocenters. The molecule has 1 aliphatic carbocycles. The third-order valence-corrected chi connectivity index (χ3v) is 4.33. The number of para-hydroxylation sites is 1. The second-order valence-electron chi connectivity index (χ2n) is 6.01. The maximum absolute atomic E-state index is 11.8. The summed E-state index contributed by atoms with van der Waals surface area (Å²) in [6.07, 6.45) is 3.39. The summed E-state index contributed by atoms with van der Waals surface area (Å²) in [6, 6.07) is 8.07. The lowest BCUT2D eigenvalue weighted by molar-refractivity contribution is -0.115. The van der Waals surface area contributed by atoms with E-state index in [-0.39, 0.29) is 5.78 Å². The second-order valence-corrected chi connectivity index (χ2v) is 6.01. The van der Waals surface area contributed by atoms with Crippen molar-refractivity contribution < 1.29 is 9.21 Å². The highest BCUT2D eigenvalue weighted by molar-refractivity contribution is 6.00. The average molecular weight is 268 g/mol. The van der Waals surface area contributed by atoms with Gasteiger partial charge in [-0.2, -0.15) is 0 Å². The van der Waals surface area contributed by atoms with Crippen LogP contribution in [0.4, 0.5) is 0 Å². The largest absolute Gasteiger partial charge is 0.456 e. The Bertz CT molecular complexity index is 689. The van der Waals surface area contributed by atoms with Gasteiger partial charge >= 0.3 is 0 Å². The molecule has 0 aliphatic heterocycles. The molecule has 0 amide bonds. The molecule has 2 nitrogen and oxygen atoms in total. The Kier molecular flexibility index (Phi) is 3.25. The van der Waals surface area contributed by atoms with Gasteiger partial charge in [0.15, 0.2) is 5.78 Å². The van der Waals surface area contributed by atoms with E-state index in [1.165, 1.54) is 0 Å². The van der Waals surface area contributed by atoms with Crippen LogP contribution in [0.5, 0.6) is 0 Å². The van der Waals surface area contributed by atoms with Crippen molar-refractivity contribution in [2.24, 2.45) is 11.8 Å². The Labute approximate surface area is 119 Å². The molecule has 1 aliphatic rings. The summed E-state index contributed by atoms with van der Waals surface area (Å²) < 4.78 is 6.05. The second kappa shape index (κ2) is 4.93. The first-order valence-electron chi connectivity index (χ1n) is 7.31. The molecule has 0 N–H and O–H groups in total. The molecule has 0 bridgehead atoms. The first-order chi connectivity index (χ1) is 9.58. The molecule has 1 aromatic carbocycles. The van der Waals surface area contributed by atoms with E-state index >= 15 is 0 Å². The van der Waals surface area contributed by atoms with Gasteiger partial charge in [-0.3, -0.25) is 4.79 Å². The van der Waals surface area contributed by atoms with Gasteiger partial charge in [-0.1, -0.05) is 32.0 Å². The number of carbonyl (C=O) groups is 1. The summed E-state index contributed by atoms with van der Waals surface area (Å²) >= 11 is 0. The lowest BCUT2D eigenvalue weighted by Crippen LogP contribution is -2.18. The highest BCUT2D eigenvalue weighted by atomic mass is 16.3. The fourth-order valence-corrected chi connectivity index (χ4v) is 3.18. The number of fused-ring (bicyclic) bond motifs is 1. The van der Waals surface area contributed by atoms with Crippen molar-refractivity contribution in [1.29, 1.82) is 0 Å². The molecule has 0 saturated heterocycles. The summed E-state index contributed by atoms with van der Waals surface area (Å²) in [6.45, 7) is 6.51. The predicted octanol–water partition coefficient (Wildman–Crippen LogP) is 4.76. The fourth-order valence-electron chi connectivity index (χ4n) is 3.18. The SMILES string of the molecule is Cc1c(C2=CC(=O)CCC2C(C)C)oc2ccccc12. The van der Waals surface area contributed by atoms with E-state index in [1.54, 1.807) is 6.08 Å². The zero-order chi connectivity index (χ0) is 14.3. The zero-order valence-electron chi connectivity index (χ0n) is 12.3. The van der Waals surface area contributed by atoms with Gasteiger partial charge in [0, 0.05) is 22.9 Å². The summed E-state index contributed by atoms with van der Waals surface area (Å²) in [7, 11) is 0. The maximum Gasteiger partial charge on any atom is 0.156 e. The molecule has 0 saturated carbocycles. The monoisotopic (exact) mass is 268 g/mol. The van der Waals surface area contributed by atoms with Gasteiger partial charge in [0.2, 0.25) is 0 Å². The number of furan rings is 1. The molecule has 3 rings (SSSR count). The van der Waals surface area contributed by atoms with Crippen LogP contribution in [0.2, 0.25) is 0 Å². The van der Waals surface area contributed by atoms with Crippen LogP contribution >= 0.6 is 0 Å². The van der Waals surface area contributed by atoms with Gasteiger partial charge in [-0.25, -0.2) is 0 Å². The van der Waals surface area contributed by atoms with Gasteiger partial charge in [0.25, 0.3) is 0 Å². The van der Waals surface area contributed by atoms with E-state index < -0.39 is 0 Å². The van der Waals surface area contributed by atoms with Crippen molar-refractivity contribution in [3.63, 3.8) is 0 Å². The van der Waals surface area contributed by atoms with Crippen LogP contribution < -0.4 is 0 Å². The van der Waals surface area contributed by atoms with Crippen LogP contribution in [-0.2, 0) is 4.79 Å². The minimum Gasteiger partial charge on any atom is -0.456 e. The van der Waals surface area contributed by atoms with Crippen LogP contribution in [-0.4, -0.2) is 5.78 Å². The van der Waals surface area contributed by atoms with Crippen LogP contribution in [0.3, 0.4) is 0 Å². The molecule has 2 heteroatoms. The maximum atomic E-state index is 11.8. The topological polar surface area (TPSA) is 30.2 Å². The number of carbonyl (C=O) groups excluding carboxylic acids is 1. The third-order valence-electron chi connectivity index (χ3n) is 4.33. The molecule has 0 radical (unpaired) electrons. The van der Waals surface area contributed by atoms with Crippen LogP contribution in [0, 0.1) is 18.8 Å². The molecule has 2 aromatic rings. The Morgan fingerprint density at radius 3 is 2.70 bits per heavy atom. The number of rotatable bonds is 2. The third kappa shape index (κ3) is 2.09. The Balaban J connectivity index is 2.17. The molecule has 1 aromatic heterocycles. The molecular formula is C18H20O2. The number of allylic oxidation sites excluding steroid dienone is 2. The Hall–Kier alpha value is -1.83. The molecule has 1 heterocycles. The van der Waals surface area contributed by atoms with E-state index in [0.717, 1.165) is 34.3 Å². The quantitative estimate of drug-likeness (QED) is 0.786. The minimum atomic E-state index is 0.219. The van der Waals surface area contributed by atoms with Gasteiger partial charge in [0.05, 0.1) is 0 Å². The van der Waals surface area contributed by atoms with Crippen molar-refractivity contribution in [2.75, 3.05) is 0 Å². The van der Waals surface area contributed by atoms with Crippen LogP contribution in [0.15, 0.2) is 34.8 Å². The summed E-state index contributed by atoms with van der Waals surface area (Å²) in [5.41, 5.74) is 3.14. The Morgan fingerprint density at radius 1 is 1.25 bits per heavy atom. The standard InChI is InChI=1S/C18H20O2/c1-11(2)14-9-8-13(19)10-16(14)18-12(3)15-6-4-5-7-17(15)20-18/h4-7,10-11,14H,8-9H2,1-3H3. The average Bonchev–Trinajstić information content (AvgIpc) is 2.76. The summed E-state index contributed by atoms with van der Waals surface area (Å²) in [5, 5.41) is 1.14. The van der Waals surface area contributed by atoms with E-state index in [2.05, 4.69) is 26.8 Å². The summed E-state index contributed by atoms with van der Waals surface area (Å²) in [4.78, 5) is 11.8. The van der Waals surface area contributed by atoms with E-state index in [0.29, 0.717) is 18.3 Å². The van der Waals surface area contributed by atoms with Crippen molar-refractivity contribution in [3.8, 4) is 0 Å². The molecule has 104 valence electrons. The lowest BCUT2D eigenvalue weighted by atomic mass is 9.78. The zero-order valence-corrected chi connectivity index (χ0v) is 12.3. The summed E-state index contributed by atoms with van der Waals surface area (Å²) in [5.74, 6) is 2.05. The van der Waals surface area contributed by atoms with E-state index in [9.17, 15) is 4.79 Å². The van der Waals surface area contributed by atoms with Gasteiger partial charge in [0.1, 0.15) is 11.3 Å². The smallest absolute Gasteiger partial charge is 0.156 e. The molecular weight excluding hydrogens is 248 g/mol. The molecule has 0 fully saturated rings. The normalized spacial score (nSPS) is 19.7. The number of hydrogen-bond donors (Lipinski definition) is 0. The fraction of sp³-hybridized carbons (Fsp3) is 0.389. The number of hydrogen-bond acceptors (Lipinski definition) is 2. The minimum absolute atomic E-state index is 0.219.